The molecule has 6 nitrogen and oxygen atoms in total. The number of piperidine rings is 1. The second-order valence-corrected chi connectivity index (χ2v) is 5.81. The van der Waals surface area contributed by atoms with Gasteiger partial charge in [-0.1, -0.05) is 11.2 Å². The quantitative estimate of drug-likeness (QED) is 0.610. The van der Waals surface area contributed by atoms with E-state index in [2.05, 4.69) is 14.7 Å². The summed E-state index contributed by atoms with van der Waals surface area (Å²) < 4.78 is 55.8. The van der Waals surface area contributed by atoms with Crippen molar-refractivity contribution in [3.05, 3.63) is 35.5 Å². The van der Waals surface area contributed by atoms with Crippen molar-refractivity contribution in [2.24, 2.45) is 0 Å². The molecule has 2 aromatic rings. The molecule has 1 aliphatic heterocycles. The maximum Gasteiger partial charge on any atom is 0.471 e. The first kappa shape index (κ1) is 18.0. The van der Waals surface area contributed by atoms with Crippen molar-refractivity contribution < 1.29 is 31.7 Å². The minimum atomic E-state index is -4.80. The molecule has 1 aliphatic rings. The van der Waals surface area contributed by atoms with Gasteiger partial charge in [0.25, 0.3) is 0 Å². The van der Waals surface area contributed by atoms with Crippen molar-refractivity contribution in [1.82, 2.24) is 15.0 Å². The second-order valence-electron chi connectivity index (χ2n) is 5.81. The molecular formula is C16H13F4N3O3. The fourth-order valence-corrected chi connectivity index (χ4v) is 2.62. The largest absolute Gasteiger partial charge is 0.471 e. The van der Waals surface area contributed by atoms with Crippen LogP contribution in [0.2, 0.25) is 0 Å². The van der Waals surface area contributed by atoms with Gasteiger partial charge in [0.15, 0.2) is 5.78 Å². The van der Waals surface area contributed by atoms with Crippen LogP contribution >= 0.6 is 0 Å². The second kappa shape index (κ2) is 6.85. The number of amides is 1. The number of nitrogens with zero attached hydrogens (tertiary/aromatic N) is 3. The number of Topliss-reactive ketones (excluding diaryl/α,β-unsaturated/α-hetero) is 1. The van der Waals surface area contributed by atoms with Gasteiger partial charge in [-0.3, -0.25) is 9.59 Å². The monoisotopic (exact) mass is 371 g/mol. The van der Waals surface area contributed by atoms with E-state index < -0.39 is 29.5 Å². The molecule has 0 spiro atoms. The minimum Gasteiger partial charge on any atom is -0.335 e. The van der Waals surface area contributed by atoms with Crippen LogP contribution in [-0.2, 0) is 11.0 Å². The summed E-state index contributed by atoms with van der Waals surface area (Å²) in [7, 11) is 0. The third kappa shape index (κ3) is 3.73. The summed E-state index contributed by atoms with van der Waals surface area (Å²) in [5, 5.41) is 3.16. The number of rotatable bonds is 4. The Morgan fingerprint density at radius 1 is 1.27 bits per heavy atom. The molecule has 0 bridgehead atoms. The van der Waals surface area contributed by atoms with E-state index in [1.165, 1.54) is 11.0 Å². The van der Waals surface area contributed by atoms with Crippen molar-refractivity contribution >= 4 is 11.7 Å². The van der Waals surface area contributed by atoms with E-state index in [0.29, 0.717) is 13.0 Å². The third-order valence-electron chi connectivity index (χ3n) is 3.95. The molecule has 0 aliphatic carbocycles. The summed E-state index contributed by atoms with van der Waals surface area (Å²) in [5.74, 6) is -3.67. The molecule has 1 saturated heterocycles. The van der Waals surface area contributed by atoms with Crippen LogP contribution in [0.1, 0.15) is 35.5 Å². The van der Waals surface area contributed by atoms with E-state index in [1.807, 2.05) is 0 Å². The summed E-state index contributed by atoms with van der Waals surface area (Å²) in [6, 6.07) is 3.21. The smallest absolute Gasteiger partial charge is 0.335 e. The minimum absolute atomic E-state index is 0.0626. The fraction of sp³-hybridized carbons (Fsp3) is 0.375. The van der Waals surface area contributed by atoms with Gasteiger partial charge in [0, 0.05) is 18.5 Å². The summed E-state index contributed by atoms with van der Waals surface area (Å²) in [4.78, 5) is 28.5. The summed E-state index contributed by atoms with van der Waals surface area (Å²) in [6.45, 7) is 0.197. The number of likely N-dealkylation sites (tertiary alicyclic amines) is 1. The zero-order chi connectivity index (χ0) is 18.9. The van der Waals surface area contributed by atoms with Crippen LogP contribution in [0.3, 0.4) is 0 Å². The molecule has 26 heavy (non-hydrogen) atoms. The number of halogens is 4. The first-order valence-electron chi connectivity index (χ1n) is 7.77. The predicted octanol–water partition coefficient (Wildman–Crippen LogP) is 3.09. The van der Waals surface area contributed by atoms with Gasteiger partial charge >= 0.3 is 12.1 Å². The zero-order valence-electron chi connectivity index (χ0n) is 13.3. The predicted molar refractivity (Wildman–Crippen MR) is 79.5 cm³/mol. The van der Waals surface area contributed by atoms with E-state index in [9.17, 15) is 27.2 Å². The van der Waals surface area contributed by atoms with E-state index >= 15 is 0 Å². The highest BCUT2D eigenvalue weighted by Crippen LogP contribution is 2.29. The molecule has 10 heteroatoms. The number of carbonyl (C=O) groups excluding carboxylic acids is 2. The Morgan fingerprint density at radius 2 is 2.04 bits per heavy atom. The molecule has 1 fully saturated rings. The molecule has 1 aromatic carbocycles. The van der Waals surface area contributed by atoms with Crippen LogP contribution in [0.15, 0.2) is 22.7 Å². The maximum atomic E-state index is 14.2. The van der Waals surface area contributed by atoms with Gasteiger partial charge in [-0.15, -0.1) is 0 Å². The van der Waals surface area contributed by atoms with Crippen molar-refractivity contribution in [2.45, 2.75) is 25.4 Å². The number of ketones is 1. The number of benzene rings is 1. The topological polar surface area (TPSA) is 76.3 Å². The fourth-order valence-electron chi connectivity index (χ4n) is 2.62. The molecule has 2 heterocycles. The molecular weight excluding hydrogens is 358 g/mol. The van der Waals surface area contributed by atoms with Crippen LogP contribution in [-0.4, -0.2) is 39.8 Å². The van der Waals surface area contributed by atoms with Crippen molar-refractivity contribution in [1.29, 1.82) is 0 Å². The van der Waals surface area contributed by atoms with Crippen LogP contribution in [0.25, 0.3) is 11.4 Å². The Kier molecular flexibility index (Phi) is 4.75. The Bertz CT molecular complexity index is 848. The number of aromatic nitrogens is 2. The molecule has 0 N–H and O–H groups in total. The molecule has 1 amide bonds. The summed E-state index contributed by atoms with van der Waals surface area (Å²) in [5.41, 5.74) is -0.320. The van der Waals surface area contributed by atoms with Crippen LogP contribution in [0.5, 0.6) is 0 Å². The Morgan fingerprint density at radius 3 is 2.65 bits per heavy atom. The Balaban J connectivity index is 1.78. The van der Waals surface area contributed by atoms with Crippen LogP contribution in [0.4, 0.5) is 17.6 Å². The standard InChI is InChI=1S/C16H13F4N3O3/c17-11-7-9(14-21-15(26-22-14)16(18,19)20)4-5-10(11)12(24)8-23-6-2-1-3-13(23)25/h4-5,7H,1-3,6,8H2. The highest BCUT2D eigenvalue weighted by Gasteiger charge is 2.38. The number of hydrogen-bond donors (Lipinski definition) is 0. The van der Waals surface area contributed by atoms with Gasteiger partial charge in [-0.2, -0.15) is 18.2 Å². The van der Waals surface area contributed by atoms with Gasteiger partial charge in [-0.05, 0) is 25.0 Å². The van der Waals surface area contributed by atoms with E-state index in [-0.39, 0.29) is 23.6 Å². The van der Waals surface area contributed by atoms with Crippen LogP contribution in [0, 0.1) is 5.82 Å². The SMILES string of the molecule is O=C(CN1CCCCC1=O)c1ccc(-c2noc(C(F)(F)F)n2)cc1F. The average Bonchev–Trinajstić information content (AvgIpc) is 3.07. The van der Waals surface area contributed by atoms with Crippen LogP contribution < -0.4 is 0 Å². The lowest BCUT2D eigenvalue weighted by molar-refractivity contribution is -0.159. The number of hydrogen-bond acceptors (Lipinski definition) is 5. The van der Waals surface area contributed by atoms with Gasteiger partial charge in [-0.25, -0.2) is 4.39 Å². The lowest BCUT2D eigenvalue weighted by Crippen LogP contribution is -2.39. The van der Waals surface area contributed by atoms with E-state index in [4.69, 9.17) is 0 Å². The van der Waals surface area contributed by atoms with E-state index in [1.54, 1.807) is 0 Å². The first-order valence-corrected chi connectivity index (χ1v) is 7.77. The molecule has 0 atom stereocenters. The lowest BCUT2D eigenvalue weighted by Gasteiger charge is -2.25. The molecule has 3 rings (SSSR count). The number of carbonyl (C=O) groups is 2. The molecule has 0 saturated carbocycles. The van der Waals surface area contributed by atoms with Crippen molar-refractivity contribution in [3.8, 4) is 11.4 Å². The Labute approximate surface area is 144 Å². The summed E-state index contributed by atoms with van der Waals surface area (Å²) >= 11 is 0. The molecule has 0 radical (unpaired) electrons. The lowest BCUT2D eigenvalue weighted by atomic mass is 10.0. The number of alkyl halides is 3. The molecule has 1 aromatic heterocycles. The van der Waals surface area contributed by atoms with Gasteiger partial charge in [0.1, 0.15) is 5.82 Å². The Hall–Kier alpha value is -2.78. The van der Waals surface area contributed by atoms with Gasteiger partial charge in [0.2, 0.25) is 11.7 Å². The first-order chi connectivity index (χ1) is 12.3. The zero-order valence-corrected chi connectivity index (χ0v) is 13.3. The van der Waals surface area contributed by atoms with Crippen molar-refractivity contribution in [3.63, 3.8) is 0 Å². The normalized spacial score (nSPS) is 15.4. The maximum absolute atomic E-state index is 14.2. The van der Waals surface area contributed by atoms with E-state index in [0.717, 1.165) is 25.0 Å². The summed E-state index contributed by atoms with van der Waals surface area (Å²) in [6.07, 6.45) is -2.91. The molecule has 138 valence electrons. The highest BCUT2D eigenvalue weighted by molar-refractivity contribution is 6.00. The van der Waals surface area contributed by atoms with Crippen molar-refractivity contribution in [2.75, 3.05) is 13.1 Å². The molecule has 0 unspecified atom stereocenters. The third-order valence-corrected chi connectivity index (χ3v) is 3.95. The average molecular weight is 371 g/mol. The van der Waals surface area contributed by atoms with Gasteiger partial charge < -0.3 is 9.42 Å². The highest BCUT2D eigenvalue weighted by atomic mass is 19.4. The van der Waals surface area contributed by atoms with Gasteiger partial charge in [0.05, 0.1) is 12.1 Å².